The first kappa shape index (κ1) is 11.5. The number of thiazole rings is 1. The molecule has 1 aromatic heterocycles. The Morgan fingerprint density at radius 1 is 1.50 bits per heavy atom. The molecule has 0 unspecified atom stereocenters. The van der Waals surface area contributed by atoms with Gasteiger partial charge in [-0.3, -0.25) is 0 Å². The molecule has 0 spiro atoms. The van der Waals surface area contributed by atoms with E-state index in [0.29, 0.717) is 13.0 Å². The molecule has 0 radical (unpaired) electrons. The van der Waals surface area contributed by atoms with Crippen molar-refractivity contribution in [3.63, 3.8) is 0 Å². The average molecular weight is 224 g/mol. The fourth-order valence-corrected chi connectivity index (χ4v) is 1.78. The molecule has 1 rings (SSSR count). The van der Waals surface area contributed by atoms with Crippen LogP contribution in [0.2, 0.25) is 0 Å². The van der Waals surface area contributed by atoms with Gasteiger partial charge in [0.1, 0.15) is 0 Å². The number of rotatable bonds is 4. The van der Waals surface area contributed by atoms with E-state index >= 15 is 0 Å². The van der Waals surface area contributed by atoms with Crippen molar-refractivity contribution in [2.45, 2.75) is 19.5 Å². The number of nitrogens with one attached hydrogen (secondary N) is 1. The van der Waals surface area contributed by atoms with Crippen molar-refractivity contribution < 1.29 is 13.2 Å². The molecule has 1 heterocycles. The number of nitrogens with zero attached hydrogens (tertiary/aromatic N) is 1. The van der Waals surface area contributed by atoms with Crippen LogP contribution in [0.5, 0.6) is 0 Å². The maximum absolute atomic E-state index is 11.7. The van der Waals surface area contributed by atoms with Gasteiger partial charge in [0, 0.05) is 11.4 Å². The highest BCUT2D eigenvalue weighted by Gasteiger charge is 2.25. The lowest BCUT2D eigenvalue weighted by atomic mass is 10.3. The summed E-state index contributed by atoms with van der Waals surface area (Å²) >= 11 is 1.48. The predicted octanol–water partition coefficient (Wildman–Crippen LogP) is 2.15. The van der Waals surface area contributed by atoms with E-state index in [1.54, 1.807) is 5.51 Å². The highest BCUT2D eigenvalue weighted by Crippen LogP contribution is 2.14. The van der Waals surface area contributed by atoms with Crippen LogP contribution in [0.15, 0.2) is 5.51 Å². The van der Waals surface area contributed by atoms with E-state index in [9.17, 15) is 13.2 Å². The first-order chi connectivity index (χ1) is 6.49. The SMILES string of the molecule is Cc1ncsc1CCNCC(F)(F)F. The zero-order valence-electron chi connectivity index (χ0n) is 7.69. The topological polar surface area (TPSA) is 24.9 Å². The van der Waals surface area contributed by atoms with Gasteiger partial charge in [0.2, 0.25) is 0 Å². The highest BCUT2D eigenvalue weighted by molar-refractivity contribution is 7.09. The van der Waals surface area contributed by atoms with Gasteiger partial charge in [-0.25, -0.2) is 4.98 Å². The lowest BCUT2D eigenvalue weighted by Crippen LogP contribution is -2.30. The molecule has 0 saturated carbocycles. The Hall–Kier alpha value is -0.620. The molecule has 0 saturated heterocycles. The third-order valence-corrected chi connectivity index (χ3v) is 2.69. The van der Waals surface area contributed by atoms with Gasteiger partial charge in [0.05, 0.1) is 17.7 Å². The third-order valence-electron chi connectivity index (χ3n) is 1.70. The van der Waals surface area contributed by atoms with Gasteiger partial charge in [0.25, 0.3) is 0 Å². The first-order valence-electron chi connectivity index (χ1n) is 4.15. The molecule has 0 aromatic carbocycles. The van der Waals surface area contributed by atoms with E-state index in [1.165, 1.54) is 11.3 Å². The maximum Gasteiger partial charge on any atom is 0.401 e. The molecule has 0 atom stereocenters. The molecule has 0 amide bonds. The minimum atomic E-state index is -4.12. The summed E-state index contributed by atoms with van der Waals surface area (Å²) in [7, 11) is 0. The van der Waals surface area contributed by atoms with Crippen LogP contribution in [-0.4, -0.2) is 24.2 Å². The van der Waals surface area contributed by atoms with Gasteiger partial charge < -0.3 is 5.32 Å². The second kappa shape index (κ2) is 4.75. The van der Waals surface area contributed by atoms with E-state index in [1.807, 2.05) is 6.92 Å². The summed E-state index contributed by atoms with van der Waals surface area (Å²) in [5.74, 6) is 0. The van der Waals surface area contributed by atoms with Crippen LogP contribution in [0, 0.1) is 6.92 Å². The molecule has 0 fully saturated rings. The van der Waals surface area contributed by atoms with E-state index < -0.39 is 12.7 Å². The summed E-state index contributed by atoms with van der Waals surface area (Å²) in [4.78, 5) is 5.05. The van der Waals surface area contributed by atoms with Crippen molar-refractivity contribution in [1.29, 1.82) is 0 Å². The van der Waals surface area contributed by atoms with Gasteiger partial charge in [-0.1, -0.05) is 0 Å². The fraction of sp³-hybridized carbons (Fsp3) is 0.625. The van der Waals surface area contributed by atoms with Crippen LogP contribution < -0.4 is 5.32 Å². The molecular formula is C8H11F3N2S. The molecule has 1 aromatic rings. The van der Waals surface area contributed by atoms with Crippen molar-refractivity contribution in [1.82, 2.24) is 10.3 Å². The standard InChI is InChI=1S/C8H11F3N2S/c1-6-7(14-5-13-6)2-3-12-4-8(9,10)11/h5,12H,2-4H2,1H3. The van der Waals surface area contributed by atoms with E-state index in [4.69, 9.17) is 0 Å². The monoisotopic (exact) mass is 224 g/mol. The van der Waals surface area contributed by atoms with Gasteiger partial charge in [-0.05, 0) is 13.3 Å². The number of hydrogen-bond donors (Lipinski definition) is 1. The summed E-state index contributed by atoms with van der Waals surface area (Å²) in [6, 6.07) is 0. The largest absolute Gasteiger partial charge is 0.401 e. The van der Waals surface area contributed by atoms with E-state index in [2.05, 4.69) is 10.3 Å². The van der Waals surface area contributed by atoms with Crippen LogP contribution >= 0.6 is 11.3 Å². The Balaban J connectivity index is 2.20. The lowest BCUT2D eigenvalue weighted by Gasteiger charge is -2.07. The smallest absolute Gasteiger partial charge is 0.308 e. The van der Waals surface area contributed by atoms with Gasteiger partial charge in [-0.2, -0.15) is 13.2 Å². The summed E-state index contributed by atoms with van der Waals surface area (Å²) < 4.78 is 35.2. The lowest BCUT2D eigenvalue weighted by molar-refractivity contribution is -0.124. The number of alkyl halides is 3. The maximum atomic E-state index is 11.7. The summed E-state index contributed by atoms with van der Waals surface area (Å²) in [6.45, 7) is 1.27. The highest BCUT2D eigenvalue weighted by atomic mass is 32.1. The number of hydrogen-bond acceptors (Lipinski definition) is 3. The zero-order valence-corrected chi connectivity index (χ0v) is 8.50. The van der Waals surface area contributed by atoms with E-state index in [-0.39, 0.29) is 0 Å². The Bertz CT molecular complexity index is 282. The fourth-order valence-electron chi connectivity index (χ4n) is 0.998. The van der Waals surface area contributed by atoms with Gasteiger partial charge in [0.15, 0.2) is 0 Å². The molecule has 14 heavy (non-hydrogen) atoms. The second-order valence-electron chi connectivity index (χ2n) is 2.90. The molecule has 0 aliphatic heterocycles. The normalized spacial score (nSPS) is 12.0. The molecule has 6 heteroatoms. The third kappa shape index (κ3) is 4.06. The number of halogens is 3. The first-order valence-corrected chi connectivity index (χ1v) is 5.03. The minimum absolute atomic E-state index is 0.336. The van der Waals surface area contributed by atoms with Crippen LogP contribution in [0.1, 0.15) is 10.6 Å². The van der Waals surface area contributed by atoms with Crippen molar-refractivity contribution >= 4 is 11.3 Å². The number of aromatic nitrogens is 1. The molecular weight excluding hydrogens is 213 g/mol. The van der Waals surface area contributed by atoms with Crippen molar-refractivity contribution in [3.05, 3.63) is 16.1 Å². The van der Waals surface area contributed by atoms with Crippen LogP contribution in [0.25, 0.3) is 0 Å². The quantitative estimate of drug-likeness (QED) is 0.793. The molecule has 80 valence electrons. The van der Waals surface area contributed by atoms with Crippen LogP contribution in [0.3, 0.4) is 0 Å². The molecule has 0 aliphatic carbocycles. The second-order valence-corrected chi connectivity index (χ2v) is 3.84. The summed E-state index contributed by atoms with van der Waals surface area (Å²) in [5, 5.41) is 2.34. The minimum Gasteiger partial charge on any atom is -0.308 e. The van der Waals surface area contributed by atoms with Crippen molar-refractivity contribution in [2.75, 3.05) is 13.1 Å². The van der Waals surface area contributed by atoms with Crippen molar-refractivity contribution in [3.8, 4) is 0 Å². The molecule has 1 N–H and O–H groups in total. The zero-order chi connectivity index (χ0) is 10.6. The Morgan fingerprint density at radius 2 is 2.21 bits per heavy atom. The van der Waals surface area contributed by atoms with Crippen LogP contribution in [-0.2, 0) is 6.42 Å². The Labute approximate surface area is 84.2 Å². The average Bonchev–Trinajstić information content (AvgIpc) is 2.44. The summed E-state index contributed by atoms with van der Waals surface area (Å²) in [6.07, 6.45) is -3.52. The molecule has 0 bridgehead atoms. The van der Waals surface area contributed by atoms with Crippen LogP contribution in [0.4, 0.5) is 13.2 Å². The predicted molar refractivity (Wildman–Crippen MR) is 49.5 cm³/mol. The Morgan fingerprint density at radius 3 is 2.71 bits per heavy atom. The molecule has 0 aliphatic rings. The van der Waals surface area contributed by atoms with Crippen molar-refractivity contribution in [2.24, 2.45) is 0 Å². The van der Waals surface area contributed by atoms with Gasteiger partial charge >= 0.3 is 6.18 Å². The summed E-state index contributed by atoms with van der Waals surface area (Å²) in [5.41, 5.74) is 2.61. The van der Waals surface area contributed by atoms with Gasteiger partial charge in [-0.15, -0.1) is 11.3 Å². The molecule has 2 nitrogen and oxygen atoms in total. The number of aryl methyl sites for hydroxylation is 1. The van der Waals surface area contributed by atoms with E-state index in [0.717, 1.165) is 10.6 Å². The Kier molecular flexibility index (Phi) is 3.88.